The highest BCUT2D eigenvalue weighted by molar-refractivity contribution is 6.06. The molecular weight excluding hydrogens is 326 g/mol. The fourth-order valence-electron chi connectivity index (χ4n) is 2.27. The zero-order valence-corrected chi connectivity index (χ0v) is 13.4. The average molecular weight is 343 g/mol. The second-order valence-electron chi connectivity index (χ2n) is 5.27. The molecule has 7 nitrogen and oxygen atoms in total. The predicted octanol–water partition coefficient (Wildman–Crippen LogP) is 1.60. The van der Waals surface area contributed by atoms with Gasteiger partial charge in [0, 0.05) is 6.42 Å². The zero-order valence-electron chi connectivity index (χ0n) is 13.4. The van der Waals surface area contributed by atoms with Gasteiger partial charge < -0.3 is 20.3 Å². The van der Waals surface area contributed by atoms with E-state index in [-0.39, 0.29) is 23.3 Å². The molecule has 0 aliphatic carbocycles. The van der Waals surface area contributed by atoms with Gasteiger partial charge >= 0.3 is 11.9 Å². The maximum atomic E-state index is 12.4. The van der Waals surface area contributed by atoms with E-state index >= 15 is 0 Å². The molecule has 2 aromatic carbocycles. The zero-order chi connectivity index (χ0) is 18.4. The van der Waals surface area contributed by atoms with Crippen molar-refractivity contribution in [3.63, 3.8) is 0 Å². The number of nitrogens with one attached hydrogen (secondary N) is 1. The highest BCUT2D eigenvalue weighted by Gasteiger charge is 2.24. The molecular formula is C18H17NO6. The van der Waals surface area contributed by atoms with Gasteiger partial charge in [-0.15, -0.1) is 0 Å². The van der Waals surface area contributed by atoms with Crippen molar-refractivity contribution >= 4 is 17.8 Å². The number of esters is 1. The number of carboxylic acids is 1. The molecule has 0 heterocycles. The summed E-state index contributed by atoms with van der Waals surface area (Å²) in [7, 11) is 1.20. The lowest BCUT2D eigenvalue weighted by atomic mass is 10.0. The number of phenolic OH excluding ortho intramolecular Hbond substituents is 1. The first-order valence-corrected chi connectivity index (χ1v) is 7.41. The van der Waals surface area contributed by atoms with Crippen molar-refractivity contribution in [1.29, 1.82) is 0 Å². The van der Waals surface area contributed by atoms with Gasteiger partial charge in [0.1, 0.15) is 11.8 Å². The van der Waals surface area contributed by atoms with Crippen molar-refractivity contribution in [3.05, 3.63) is 65.2 Å². The smallest absolute Gasteiger partial charge is 0.338 e. The van der Waals surface area contributed by atoms with Crippen LogP contribution >= 0.6 is 0 Å². The van der Waals surface area contributed by atoms with E-state index < -0.39 is 23.9 Å². The van der Waals surface area contributed by atoms with Crippen LogP contribution in [0.15, 0.2) is 48.5 Å². The molecule has 0 saturated carbocycles. The summed E-state index contributed by atoms with van der Waals surface area (Å²) in [6.45, 7) is 0. The van der Waals surface area contributed by atoms with Crippen molar-refractivity contribution in [2.45, 2.75) is 12.5 Å². The molecule has 3 N–H and O–H groups in total. The van der Waals surface area contributed by atoms with Crippen molar-refractivity contribution in [3.8, 4) is 5.75 Å². The van der Waals surface area contributed by atoms with Crippen LogP contribution < -0.4 is 5.32 Å². The number of rotatable bonds is 6. The van der Waals surface area contributed by atoms with Crippen molar-refractivity contribution < 1.29 is 29.3 Å². The summed E-state index contributed by atoms with van der Waals surface area (Å²) in [5.74, 6) is -2.52. The van der Waals surface area contributed by atoms with Crippen molar-refractivity contribution in [2.75, 3.05) is 7.11 Å². The number of hydrogen-bond acceptors (Lipinski definition) is 5. The Morgan fingerprint density at radius 3 is 2.20 bits per heavy atom. The van der Waals surface area contributed by atoms with Gasteiger partial charge in [0.05, 0.1) is 18.2 Å². The van der Waals surface area contributed by atoms with E-state index in [1.165, 1.54) is 31.4 Å². The van der Waals surface area contributed by atoms with Gasteiger partial charge in [-0.1, -0.05) is 24.3 Å². The maximum absolute atomic E-state index is 12.4. The third-order valence-corrected chi connectivity index (χ3v) is 3.56. The SMILES string of the molecule is COC(=O)c1ccccc1C(=O)NC(Cc1ccc(O)cc1)C(=O)O. The van der Waals surface area contributed by atoms with Crippen molar-refractivity contribution in [1.82, 2.24) is 5.32 Å². The van der Waals surface area contributed by atoms with Gasteiger partial charge in [0.15, 0.2) is 0 Å². The summed E-state index contributed by atoms with van der Waals surface area (Å²) in [4.78, 5) is 35.6. The molecule has 1 atom stereocenters. The molecule has 0 aliphatic rings. The monoisotopic (exact) mass is 343 g/mol. The number of carboxylic acid groups (broad SMARTS) is 1. The van der Waals surface area contributed by atoms with E-state index in [1.807, 2.05) is 0 Å². The van der Waals surface area contributed by atoms with Gasteiger partial charge in [0.2, 0.25) is 0 Å². The Morgan fingerprint density at radius 1 is 1.04 bits per heavy atom. The molecule has 130 valence electrons. The molecule has 0 aromatic heterocycles. The first-order chi connectivity index (χ1) is 11.9. The molecule has 0 saturated heterocycles. The lowest BCUT2D eigenvalue weighted by Gasteiger charge is -2.16. The fourth-order valence-corrected chi connectivity index (χ4v) is 2.27. The van der Waals surface area contributed by atoms with E-state index in [0.717, 1.165) is 0 Å². The van der Waals surface area contributed by atoms with Gasteiger partial charge in [-0.3, -0.25) is 4.79 Å². The molecule has 0 fully saturated rings. The largest absolute Gasteiger partial charge is 0.508 e. The van der Waals surface area contributed by atoms with E-state index in [1.54, 1.807) is 24.3 Å². The molecule has 25 heavy (non-hydrogen) atoms. The molecule has 1 unspecified atom stereocenters. The Labute approximate surface area is 143 Å². The van der Waals surface area contributed by atoms with Crippen LogP contribution in [0.5, 0.6) is 5.75 Å². The quantitative estimate of drug-likeness (QED) is 0.687. The van der Waals surface area contributed by atoms with Crippen LogP contribution in [0.2, 0.25) is 0 Å². The maximum Gasteiger partial charge on any atom is 0.338 e. The van der Waals surface area contributed by atoms with Crippen LogP contribution in [-0.2, 0) is 16.0 Å². The second-order valence-corrected chi connectivity index (χ2v) is 5.27. The molecule has 2 rings (SSSR count). The van der Waals surface area contributed by atoms with E-state index in [0.29, 0.717) is 5.56 Å². The summed E-state index contributed by atoms with van der Waals surface area (Å²) in [6, 6.07) is 10.8. The normalized spacial score (nSPS) is 11.4. The summed E-state index contributed by atoms with van der Waals surface area (Å²) in [5, 5.41) is 21.0. The fraction of sp³-hybridized carbons (Fsp3) is 0.167. The predicted molar refractivity (Wildman–Crippen MR) is 88.5 cm³/mol. The van der Waals surface area contributed by atoms with Crippen LogP contribution in [0, 0.1) is 0 Å². The third kappa shape index (κ3) is 4.57. The average Bonchev–Trinajstić information content (AvgIpc) is 2.62. The minimum atomic E-state index is -1.21. The number of hydrogen-bond donors (Lipinski definition) is 3. The minimum Gasteiger partial charge on any atom is -0.508 e. The molecule has 1 amide bonds. The standard InChI is InChI=1S/C18H17NO6/c1-25-18(24)14-5-3-2-4-13(14)16(21)19-15(17(22)23)10-11-6-8-12(20)9-7-11/h2-9,15,20H,10H2,1H3,(H,19,21)(H,22,23). The lowest BCUT2D eigenvalue weighted by molar-refractivity contribution is -0.139. The number of aromatic hydroxyl groups is 1. The second kappa shape index (κ2) is 7.96. The van der Waals surface area contributed by atoms with Crippen LogP contribution in [0.4, 0.5) is 0 Å². The van der Waals surface area contributed by atoms with Gasteiger partial charge in [0.25, 0.3) is 5.91 Å². The van der Waals surface area contributed by atoms with E-state index in [4.69, 9.17) is 0 Å². The highest BCUT2D eigenvalue weighted by Crippen LogP contribution is 2.13. The topological polar surface area (TPSA) is 113 Å². The molecule has 0 radical (unpaired) electrons. The summed E-state index contributed by atoms with van der Waals surface area (Å²) < 4.78 is 4.63. The van der Waals surface area contributed by atoms with Crippen LogP contribution in [0.25, 0.3) is 0 Å². The Morgan fingerprint density at radius 2 is 1.64 bits per heavy atom. The Kier molecular flexibility index (Phi) is 5.73. The number of aliphatic carboxylic acids is 1. The Balaban J connectivity index is 2.20. The van der Waals surface area contributed by atoms with Gasteiger partial charge in [-0.2, -0.15) is 0 Å². The van der Waals surface area contributed by atoms with Crippen LogP contribution in [0.1, 0.15) is 26.3 Å². The van der Waals surface area contributed by atoms with E-state index in [2.05, 4.69) is 10.1 Å². The number of carbonyl (C=O) groups is 3. The van der Waals surface area contributed by atoms with Crippen molar-refractivity contribution in [2.24, 2.45) is 0 Å². The minimum absolute atomic E-state index is 0.0295. The van der Waals surface area contributed by atoms with Crippen LogP contribution in [-0.4, -0.2) is 41.2 Å². The summed E-state index contributed by atoms with van der Waals surface area (Å²) in [5.41, 5.74) is 0.717. The first kappa shape index (κ1) is 18.0. The third-order valence-electron chi connectivity index (χ3n) is 3.56. The van der Waals surface area contributed by atoms with Gasteiger partial charge in [-0.25, -0.2) is 9.59 Å². The van der Waals surface area contributed by atoms with E-state index in [9.17, 15) is 24.6 Å². The number of carbonyl (C=O) groups excluding carboxylic acids is 2. The highest BCUT2D eigenvalue weighted by atomic mass is 16.5. The lowest BCUT2D eigenvalue weighted by Crippen LogP contribution is -2.42. The molecule has 0 spiro atoms. The Hall–Kier alpha value is -3.35. The molecule has 2 aromatic rings. The number of benzene rings is 2. The number of ether oxygens (including phenoxy) is 1. The first-order valence-electron chi connectivity index (χ1n) is 7.41. The number of amides is 1. The summed E-state index contributed by atoms with van der Waals surface area (Å²) in [6.07, 6.45) is 0.0295. The molecule has 0 bridgehead atoms. The number of phenols is 1. The number of methoxy groups -OCH3 is 1. The van der Waals surface area contributed by atoms with Gasteiger partial charge in [-0.05, 0) is 29.8 Å². The Bertz CT molecular complexity index is 784. The molecule has 0 aliphatic heterocycles. The summed E-state index contributed by atoms with van der Waals surface area (Å²) >= 11 is 0. The van der Waals surface area contributed by atoms with Crippen LogP contribution in [0.3, 0.4) is 0 Å². The molecule has 7 heteroatoms.